The molecule has 222 valence electrons. The van der Waals surface area contributed by atoms with Crippen molar-refractivity contribution >= 4 is 32.6 Å². The summed E-state index contributed by atoms with van der Waals surface area (Å²) in [5.41, 5.74) is 13.9. The molecule has 0 N–H and O–H groups in total. The molecule has 0 spiro atoms. The van der Waals surface area contributed by atoms with Crippen molar-refractivity contribution in [3.05, 3.63) is 158 Å². The second-order valence-electron chi connectivity index (χ2n) is 12.2. The van der Waals surface area contributed by atoms with Crippen LogP contribution in [0.2, 0.25) is 0 Å². The quantitative estimate of drug-likeness (QED) is 0.186. The second-order valence-corrected chi connectivity index (χ2v) is 12.2. The monoisotopic (exact) mass is 610 g/mol. The summed E-state index contributed by atoms with van der Waals surface area (Å²) in [7, 11) is 0. The largest absolute Gasteiger partial charge is 0.245 e. The maximum atomic E-state index is 5.30. The number of hydrogen-bond donors (Lipinski definition) is 0. The van der Waals surface area contributed by atoms with Gasteiger partial charge in [0.1, 0.15) is 0 Å². The molecule has 0 unspecified atom stereocenters. The third-order valence-corrected chi connectivity index (χ3v) is 9.49. The lowest BCUT2D eigenvalue weighted by molar-refractivity contribution is 1.18. The van der Waals surface area contributed by atoms with Gasteiger partial charge in [0, 0.05) is 39.2 Å². The van der Waals surface area contributed by atoms with E-state index in [4.69, 9.17) is 15.0 Å². The van der Waals surface area contributed by atoms with E-state index in [0.717, 1.165) is 67.0 Å². The molecule has 4 heteroatoms. The van der Waals surface area contributed by atoms with Gasteiger partial charge in [0.15, 0.2) is 5.82 Å². The highest BCUT2D eigenvalue weighted by Gasteiger charge is 2.24. The molecule has 0 bridgehead atoms. The van der Waals surface area contributed by atoms with Gasteiger partial charge in [-0.3, -0.25) is 0 Å². The van der Waals surface area contributed by atoms with Crippen molar-refractivity contribution < 1.29 is 0 Å². The van der Waals surface area contributed by atoms with Gasteiger partial charge in [-0.05, 0) is 57.3 Å². The molecule has 9 aromatic rings. The van der Waals surface area contributed by atoms with Crippen molar-refractivity contribution in [2.24, 2.45) is 0 Å². The highest BCUT2D eigenvalue weighted by atomic mass is 14.9. The van der Waals surface area contributed by atoms with Crippen LogP contribution >= 0.6 is 0 Å². The maximum Gasteiger partial charge on any atom is 0.159 e. The fraction of sp³-hybridized carbons (Fsp3) is 0. The Morgan fingerprint density at radius 3 is 1.77 bits per heavy atom. The summed E-state index contributed by atoms with van der Waals surface area (Å²) in [6.45, 7) is 0. The van der Waals surface area contributed by atoms with E-state index in [0.29, 0.717) is 0 Å². The zero-order chi connectivity index (χ0) is 31.6. The first-order valence-electron chi connectivity index (χ1n) is 16.1. The topological polar surface area (TPSA) is 51.6 Å². The third-order valence-electron chi connectivity index (χ3n) is 9.49. The van der Waals surface area contributed by atoms with Crippen LogP contribution in [0.1, 0.15) is 0 Å². The fourth-order valence-electron chi connectivity index (χ4n) is 7.17. The molecule has 1 aliphatic rings. The first kappa shape index (κ1) is 26.7. The lowest BCUT2D eigenvalue weighted by atomic mass is 9.96. The number of benzene rings is 6. The number of fused-ring (bicyclic) bond motifs is 6. The molecule has 0 fully saturated rings. The molecule has 0 amide bonds. The smallest absolute Gasteiger partial charge is 0.159 e. The Balaban J connectivity index is 1.10. The van der Waals surface area contributed by atoms with Crippen LogP contribution in [0.3, 0.4) is 0 Å². The number of nitrogens with zero attached hydrogens (tertiary/aromatic N) is 4. The highest BCUT2D eigenvalue weighted by molar-refractivity contribution is 6.19. The van der Waals surface area contributed by atoms with Gasteiger partial charge in [-0.1, -0.05) is 127 Å². The van der Waals surface area contributed by atoms with E-state index >= 15 is 0 Å². The number of pyridine rings is 2. The lowest BCUT2D eigenvalue weighted by Crippen LogP contribution is -1.92. The van der Waals surface area contributed by atoms with Crippen molar-refractivity contribution in [2.75, 3.05) is 0 Å². The van der Waals surface area contributed by atoms with E-state index in [1.807, 2.05) is 60.8 Å². The van der Waals surface area contributed by atoms with Gasteiger partial charge in [0.25, 0.3) is 0 Å². The number of aromatic nitrogens is 4. The molecule has 0 radical (unpaired) electrons. The summed E-state index contributed by atoms with van der Waals surface area (Å²) in [6, 6.07) is 53.0. The van der Waals surface area contributed by atoms with Crippen LogP contribution in [0.5, 0.6) is 0 Å². The van der Waals surface area contributed by atoms with Gasteiger partial charge in [-0.2, -0.15) is 0 Å². The molecule has 1 aliphatic carbocycles. The molecule has 0 saturated heterocycles. The van der Waals surface area contributed by atoms with E-state index in [1.54, 1.807) is 0 Å². The van der Waals surface area contributed by atoms with Crippen LogP contribution in [0, 0.1) is 0 Å². The van der Waals surface area contributed by atoms with Gasteiger partial charge in [-0.25, -0.2) is 19.9 Å². The summed E-state index contributed by atoms with van der Waals surface area (Å²) < 4.78 is 0. The van der Waals surface area contributed by atoms with Gasteiger partial charge in [0.05, 0.1) is 28.1 Å². The SMILES string of the molecule is c1ccc(-c2ccc3ccc4ccc(-c5ccc6c7c(cccc57)-c5cc(-c7ccnc(-c8ccccc8)n7)ccc5-6)nc4c3n2)cc1. The van der Waals surface area contributed by atoms with Crippen LogP contribution in [0.15, 0.2) is 158 Å². The van der Waals surface area contributed by atoms with Crippen LogP contribution in [0.4, 0.5) is 0 Å². The molecular formula is C44H26N4. The van der Waals surface area contributed by atoms with Gasteiger partial charge in [-0.15, -0.1) is 0 Å². The van der Waals surface area contributed by atoms with Gasteiger partial charge < -0.3 is 0 Å². The number of rotatable bonds is 4. The van der Waals surface area contributed by atoms with Crippen LogP contribution in [-0.4, -0.2) is 19.9 Å². The van der Waals surface area contributed by atoms with Crippen LogP contribution in [0.25, 0.3) is 100.0 Å². The molecule has 0 atom stereocenters. The summed E-state index contributed by atoms with van der Waals surface area (Å²) >= 11 is 0. The van der Waals surface area contributed by atoms with Crippen molar-refractivity contribution in [2.45, 2.75) is 0 Å². The standard InChI is InChI=1S/C44H26N4/c1-3-8-27(9-4-1)38-22-17-28-14-15-29-18-23-40(47-43(29)42(28)46-38)33-20-21-36-32-19-16-31(26-37(32)35-13-7-12-34(33)41(35)36)39-24-25-45-44(48-39)30-10-5-2-6-11-30/h1-26H. The first-order chi connectivity index (χ1) is 23.8. The molecule has 0 aliphatic heterocycles. The average molecular weight is 611 g/mol. The Hall–Kier alpha value is -6.52. The summed E-state index contributed by atoms with van der Waals surface area (Å²) in [5.74, 6) is 0.728. The Morgan fingerprint density at radius 1 is 0.354 bits per heavy atom. The van der Waals surface area contributed by atoms with Crippen LogP contribution < -0.4 is 0 Å². The maximum absolute atomic E-state index is 5.30. The fourth-order valence-corrected chi connectivity index (χ4v) is 7.17. The lowest BCUT2D eigenvalue weighted by Gasteiger charge is -2.11. The molecule has 6 aromatic carbocycles. The molecule has 4 nitrogen and oxygen atoms in total. The van der Waals surface area contributed by atoms with E-state index in [2.05, 4.69) is 102 Å². The first-order valence-corrected chi connectivity index (χ1v) is 16.1. The molecule has 0 saturated carbocycles. The van der Waals surface area contributed by atoms with E-state index in [9.17, 15) is 0 Å². The Kier molecular flexibility index (Phi) is 5.84. The van der Waals surface area contributed by atoms with E-state index < -0.39 is 0 Å². The Bertz CT molecular complexity index is 2720. The minimum atomic E-state index is 0.728. The Morgan fingerprint density at radius 2 is 0.979 bits per heavy atom. The minimum absolute atomic E-state index is 0.728. The number of hydrogen-bond acceptors (Lipinski definition) is 4. The zero-order valence-electron chi connectivity index (χ0n) is 25.8. The predicted octanol–water partition coefficient (Wildman–Crippen LogP) is 11.0. The zero-order valence-corrected chi connectivity index (χ0v) is 25.8. The summed E-state index contributed by atoms with van der Waals surface area (Å²) in [4.78, 5) is 19.9. The average Bonchev–Trinajstić information content (AvgIpc) is 3.49. The van der Waals surface area contributed by atoms with Crippen LogP contribution in [-0.2, 0) is 0 Å². The van der Waals surface area contributed by atoms with Crippen molar-refractivity contribution in [1.29, 1.82) is 0 Å². The normalized spacial score (nSPS) is 11.8. The third kappa shape index (κ3) is 4.16. The van der Waals surface area contributed by atoms with E-state index in [1.165, 1.54) is 33.0 Å². The second kappa shape index (κ2) is 10.5. The van der Waals surface area contributed by atoms with Crippen molar-refractivity contribution in [3.63, 3.8) is 0 Å². The summed E-state index contributed by atoms with van der Waals surface area (Å²) in [5, 5.41) is 4.62. The van der Waals surface area contributed by atoms with Crippen molar-refractivity contribution in [3.8, 4) is 67.4 Å². The van der Waals surface area contributed by atoms with Gasteiger partial charge in [0.2, 0.25) is 0 Å². The molecule has 3 heterocycles. The molecule has 48 heavy (non-hydrogen) atoms. The van der Waals surface area contributed by atoms with Gasteiger partial charge >= 0.3 is 0 Å². The molecule has 10 rings (SSSR count). The van der Waals surface area contributed by atoms with E-state index in [-0.39, 0.29) is 0 Å². The summed E-state index contributed by atoms with van der Waals surface area (Å²) in [6.07, 6.45) is 1.84. The molecule has 3 aromatic heterocycles. The highest BCUT2D eigenvalue weighted by Crippen LogP contribution is 2.50. The minimum Gasteiger partial charge on any atom is -0.245 e. The predicted molar refractivity (Wildman–Crippen MR) is 196 cm³/mol. The molecular weight excluding hydrogens is 585 g/mol. The Labute approximate surface area is 277 Å². The van der Waals surface area contributed by atoms with Crippen molar-refractivity contribution in [1.82, 2.24) is 19.9 Å².